The zero-order valence-corrected chi connectivity index (χ0v) is 10.7. The molecule has 3 nitrogen and oxygen atoms in total. The van der Waals surface area contributed by atoms with Gasteiger partial charge in [-0.15, -0.1) is 0 Å². The van der Waals surface area contributed by atoms with E-state index >= 15 is 0 Å². The normalized spacial score (nSPS) is 12.4. The van der Waals surface area contributed by atoms with Gasteiger partial charge in [-0.25, -0.2) is 4.39 Å². The SMILES string of the molecule is NC(CSCc1ccc(F)c(Br)c1)C(=O)O. The fourth-order valence-corrected chi connectivity index (χ4v) is 2.36. The molecule has 0 aliphatic heterocycles. The second-order valence-electron chi connectivity index (χ2n) is 3.21. The van der Waals surface area contributed by atoms with Gasteiger partial charge in [0.25, 0.3) is 0 Å². The fourth-order valence-electron chi connectivity index (χ4n) is 1.00. The second-order valence-corrected chi connectivity index (χ2v) is 5.09. The molecule has 88 valence electrons. The lowest BCUT2D eigenvalue weighted by atomic mass is 10.2. The highest BCUT2D eigenvalue weighted by Crippen LogP contribution is 2.20. The number of hydrogen-bond donors (Lipinski definition) is 2. The van der Waals surface area contributed by atoms with E-state index in [2.05, 4.69) is 15.9 Å². The number of nitrogens with two attached hydrogens (primary N) is 1. The van der Waals surface area contributed by atoms with E-state index in [0.29, 0.717) is 16.0 Å². The van der Waals surface area contributed by atoms with Gasteiger partial charge < -0.3 is 10.8 Å². The summed E-state index contributed by atoms with van der Waals surface area (Å²) in [6, 6.07) is 3.86. The van der Waals surface area contributed by atoms with E-state index in [1.165, 1.54) is 17.8 Å². The van der Waals surface area contributed by atoms with Gasteiger partial charge in [-0.1, -0.05) is 6.07 Å². The minimum absolute atomic E-state index is 0.309. The number of benzene rings is 1. The first-order valence-electron chi connectivity index (χ1n) is 4.50. The van der Waals surface area contributed by atoms with Crippen molar-refractivity contribution in [3.05, 3.63) is 34.1 Å². The molecule has 0 aromatic heterocycles. The second kappa shape index (κ2) is 6.22. The molecule has 1 aromatic carbocycles. The highest BCUT2D eigenvalue weighted by molar-refractivity contribution is 9.10. The first-order valence-corrected chi connectivity index (χ1v) is 6.45. The van der Waals surface area contributed by atoms with Crippen LogP contribution in [0.1, 0.15) is 5.56 Å². The molecular formula is C10H11BrFNO2S. The minimum Gasteiger partial charge on any atom is -0.480 e. The maximum Gasteiger partial charge on any atom is 0.321 e. The van der Waals surface area contributed by atoms with E-state index in [0.717, 1.165) is 5.56 Å². The molecule has 0 aliphatic rings. The average Bonchev–Trinajstić information content (AvgIpc) is 2.23. The van der Waals surface area contributed by atoms with Crippen molar-refractivity contribution >= 4 is 33.7 Å². The number of carboxylic acids is 1. The number of rotatable bonds is 5. The third-order valence-corrected chi connectivity index (χ3v) is 3.61. The molecule has 0 radical (unpaired) electrons. The smallest absolute Gasteiger partial charge is 0.321 e. The van der Waals surface area contributed by atoms with Gasteiger partial charge in [0, 0.05) is 11.5 Å². The average molecular weight is 308 g/mol. The molecule has 1 unspecified atom stereocenters. The summed E-state index contributed by atoms with van der Waals surface area (Å²) in [6.45, 7) is 0. The van der Waals surface area contributed by atoms with E-state index in [1.54, 1.807) is 12.1 Å². The van der Waals surface area contributed by atoms with Crippen molar-refractivity contribution < 1.29 is 14.3 Å². The Kier molecular flexibility index (Phi) is 5.24. The van der Waals surface area contributed by atoms with Gasteiger partial charge in [0.2, 0.25) is 0 Å². The lowest BCUT2D eigenvalue weighted by Crippen LogP contribution is -2.32. The van der Waals surface area contributed by atoms with Crippen molar-refractivity contribution in [1.29, 1.82) is 0 Å². The fraction of sp³-hybridized carbons (Fsp3) is 0.300. The van der Waals surface area contributed by atoms with Crippen LogP contribution in [0.2, 0.25) is 0 Å². The monoisotopic (exact) mass is 307 g/mol. The largest absolute Gasteiger partial charge is 0.480 e. The summed E-state index contributed by atoms with van der Waals surface area (Å²) in [5.41, 5.74) is 6.27. The Labute approximate surface area is 105 Å². The number of hydrogen-bond acceptors (Lipinski definition) is 3. The van der Waals surface area contributed by atoms with Gasteiger partial charge in [0.15, 0.2) is 0 Å². The molecule has 0 fully saturated rings. The van der Waals surface area contributed by atoms with Crippen LogP contribution in [0.15, 0.2) is 22.7 Å². The van der Waals surface area contributed by atoms with Crippen LogP contribution in [0.4, 0.5) is 4.39 Å². The van der Waals surface area contributed by atoms with Crippen LogP contribution in [0.5, 0.6) is 0 Å². The van der Waals surface area contributed by atoms with Crippen molar-refractivity contribution in [2.45, 2.75) is 11.8 Å². The molecule has 16 heavy (non-hydrogen) atoms. The summed E-state index contributed by atoms with van der Waals surface area (Å²) in [5.74, 6) is -0.367. The molecule has 0 bridgehead atoms. The van der Waals surface area contributed by atoms with E-state index in [1.807, 2.05) is 0 Å². The quantitative estimate of drug-likeness (QED) is 0.875. The van der Waals surface area contributed by atoms with Gasteiger partial charge in [0.05, 0.1) is 4.47 Å². The Morgan fingerprint density at radius 1 is 1.62 bits per heavy atom. The molecule has 3 N–H and O–H groups in total. The number of carbonyl (C=O) groups is 1. The molecule has 0 spiro atoms. The Balaban J connectivity index is 2.43. The van der Waals surface area contributed by atoms with Crippen molar-refractivity contribution in [2.24, 2.45) is 5.73 Å². The zero-order valence-electron chi connectivity index (χ0n) is 8.32. The first kappa shape index (κ1) is 13.5. The third kappa shape index (κ3) is 4.11. The summed E-state index contributed by atoms with van der Waals surface area (Å²) in [7, 11) is 0. The molecule has 1 aromatic rings. The van der Waals surface area contributed by atoms with Gasteiger partial charge in [-0.05, 0) is 33.6 Å². The Morgan fingerprint density at radius 3 is 2.88 bits per heavy atom. The van der Waals surface area contributed by atoms with Crippen LogP contribution in [0.25, 0.3) is 0 Å². The van der Waals surface area contributed by atoms with Crippen molar-refractivity contribution in [2.75, 3.05) is 5.75 Å². The van der Waals surface area contributed by atoms with Gasteiger partial charge in [-0.3, -0.25) is 4.79 Å². The maximum absolute atomic E-state index is 12.9. The molecule has 1 atom stereocenters. The molecule has 0 heterocycles. The summed E-state index contributed by atoms with van der Waals surface area (Å²) >= 11 is 4.50. The molecule has 0 aliphatic carbocycles. The lowest BCUT2D eigenvalue weighted by Gasteiger charge is -2.06. The van der Waals surface area contributed by atoms with Crippen molar-refractivity contribution in [3.8, 4) is 0 Å². The van der Waals surface area contributed by atoms with E-state index in [-0.39, 0.29) is 5.82 Å². The zero-order chi connectivity index (χ0) is 12.1. The minimum atomic E-state index is -1.01. The van der Waals surface area contributed by atoms with Crippen molar-refractivity contribution in [3.63, 3.8) is 0 Å². The molecule has 0 saturated heterocycles. The van der Waals surface area contributed by atoms with Crippen LogP contribution < -0.4 is 5.73 Å². The summed E-state index contributed by atoms with van der Waals surface area (Å²) < 4.78 is 13.3. The van der Waals surface area contributed by atoms with E-state index in [4.69, 9.17) is 10.8 Å². The van der Waals surface area contributed by atoms with Crippen LogP contribution in [-0.4, -0.2) is 22.9 Å². The van der Waals surface area contributed by atoms with Gasteiger partial charge in [-0.2, -0.15) is 11.8 Å². The molecule has 1 rings (SSSR count). The number of aliphatic carboxylic acids is 1. The molecule has 0 saturated carbocycles. The van der Waals surface area contributed by atoms with Crippen LogP contribution >= 0.6 is 27.7 Å². The van der Waals surface area contributed by atoms with E-state index < -0.39 is 12.0 Å². The first-order chi connectivity index (χ1) is 7.50. The highest BCUT2D eigenvalue weighted by Gasteiger charge is 2.11. The molecule has 0 amide bonds. The molecular weight excluding hydrogens is 297 g/mol. The Hall–Kier alpha value is -0.590. The van der Waals surface area contributed by atoms with Crippen LogP contribution in [-0.2, 0) is 10.5 Å². The van der Waals surface area contributed by atoms with E-state index in [9.17, 15) is 9.18 Å². The van der Waals surface area contributed by atoms with Crippen molar-refractivity contribution in [1.82, 2.24) is 0 Å². The molecule has 6 heteroatoms. The maximum atomic E-state index is 12.9. The van der Waals surface area contributed by atoms with Crippen LogP contribution in [0.3, 0.4) is 0 Å². The third-order valence-electron chi connectivity index (χ3n) is 1.87. The Morgan fingerprint density at radius 2 is 2.31 bits per heavy atom. The van der Waals surface area contributed by atoms with Gasteiger partial charge >= 0.3 is 5.97 Å². The predicted octanol–water partition coefficient (Wildman–Crippen LogP) is 2.23. The number of carboxylic acid groups (broad SMARTS) is 1. The predicted molar refractivity (Wildman–Crippen MR) is 65.9 cm³/mol. The Bertz CT molecular complexity index is 389. The lowest BCUT2D eigenvalue weighted by molar-refractivity contribution is -0.137. The number of thioether (sulfide) groups is 1. The van der Waals surface area contributed by atoms with Crippen LogP contribution in [0, 0.1) is 5.82 Å². The van der Waals surface area contributed by atoms with Gasteiger partial charge in [0.1, 0.15) is 11.9 Å². The topological polar surface area (TPSA) is 63.3 Å². The highest BCUT2D eigenvalue weighted by atomic mass is 79.9. The summed E-state index contributed by atoms with van der Waals surface area (Å²) in [5, 5.41) is 8.56. The standard InChI is InChI=1S/C10H11BrFNO2S/c11-7-3-6(1-2-8(7)12)4-16-5-9(13)10(14)15/h1-3,9H,4-5,13H2,(H,14,15). The summed E-state index contributed by atoms with van der Waals surface area (Å²) in [6.07, 6.45) is 0. The number of halogens is 2. The summed E-state index contributed by atoms with van der Waals surface area (Å²) in [4.78, 5) is 10.4.